The van der Waals surface area contributed by atoms with Crippen molar-refractivity contribution in [2.45, 2.75) is 31.7 Å². The molecule has 1 aliphatic carbocycles. The van der Waals surface area contributed by atoms with E-state index in [4.69, 9.17) is 0 Å². The third-order valence-corrected chi connectivity index (χ3v) is 3.00. The number of piperazine rings is 1. The quantitative estimate of drug-likeness (QED) is 0.590. The van der Waals surface area contributed by atoms with Crippen LogP contribution in [-0.4, -0.2) is 41.6 Å². The van der Waals surface area contributed by atoms with E-state index in [2.05, 4.69) is 5.32 Å². The van der Waals surface area contributed by atoms with E-state index in [-0.39, 0.29) is 30.9 Å². The maximum atomic E-state index is 11.2. The van der Waals surface area contributed by atoms with Gasteiger partial charge in [0.2, 0.25) is 11.8 Å². The smallest absolute Gasteiger partial charge is 0.240 e. The highest BCUT2D eigenvalue weighted by atomic mass is 16.2. The lowest BCUT2D eigenvalue weighted by Gasteiger charge is -2.34. The molecule has 0 aromatic carbocycles. The summed E-state index contributed by atoms with van der Waals surface area (Å²) in [4.78, 5) is 35.2. The number of amides is 2. The Kier molecular flexibility index (Phi) is 2.81. The Labute approximate surface area is 87.8 Å². The number of nitrogens with one attached hydrogen (secondary N) is 1. The van der Waals surface area contributed by atoms with E-state index in [0.29, 0.717) is 18.6 Å². The molecule has 5 nitrogen and oxygen atoms in total. The predicted molar refractivity (Wildman–Crippen MR) is 52.0 cm³/mol. The number of carbonyl (C=O) groups excluding carboxylic acids is 3. The SMILES string of the molecule is O=C1CCC(N2CC(=O)NC(=O)C2)CC1. The van der Waals surface area contributed by atoms with Gasteiger partial charge in [-0.2, -0.15) is 0 Å². The summed E-state index contributed by atoms with van der Waals surface area (Å²) in [6.07, 6.45) is 2.72. The van der Waals surface area contributed by atoms with Gasteiger partial charge in [-0.25, -0.2) is 0 Å². The first-order chi connectivity index (χ1) is 7.15. The van der Waals surface area contributed by atoms with Crippen molar-refractivity contribution in [2.24, 2.45) is 0 Å². The number of carbonyl (C=O) groups is 3. The molecule has 2 aliphatic rings. The third-order valence-electron chi connectivity index (χ3n) is 3.00. The number of hydrogen-bond donors (Lipinski definition) is 1. The molecule has 82 valence electrons. The first-order valence-electron chi connectivity index (χ1n) is 5.23. The molecule has 1 heterocycles. The van der Waals surface area contributed by atoms with Crippen LogP contribution >= 0.6 is 0 Å². The van der Waals surface area contributed by atoms with Crippen LogP contribution in [0.15, 0.2) is 0 Å². The summed E-state index contributed by atoms with van der Waals surface area (Å²) in [6, 6.07) is 0.220. The minimum atomic E-state index is -0.233. The van der Waals surface area contributed by atoms with Gasteiger partial charge in [0.25, 0.3) is 0 Å². The molecule has 1 saturated carbocycles. The zero-order chi connectivity index (χ0) is 10.8. The number of Topliss-reactive ketones (excluding diaryl/α,β-unsaturated/α-hetero) is 1. The normalized spacial score (nSPS) is 25.5. The van der Waals surface area contributed by atoms with Crippen LogP contribution in [0, 0.1) is 0 Å². The molecule has 1 saturated heterocycles. The summed E-state index contributed by atoms with van der Waals surface area (Å²) in [5.74, 6) is -0.176. The summed E-state index contributed by atoms with van der Waals surface area (Å²) in [7, 11) is 0. The molecule has 0 unspecified atom stereocenters. The van der Waals surface area contributed by atoms with E-state index in [1.807, 2.05) is 4.90 Å². The van der Waals surface area contributed by atoms with Crippen LogP contribution in [0.2, 0.25) is 0 Å². The lowest BCUT2D eigenvalue weighted by Crippen LogP contribution is -2.55. The van der Waals surface area contributed by atoms with E-state index in [1.54, 1.807) is 0 Å². The fourth-order valence-corrected chi connectivity index (χ4v) is 2.21. The summed E-state index contributed by atoms with van der Waals surface area (Å²) in [5.41, 5.74) is 0. The zero-order valence-electron chi connectivity index (χ0n) is 8.49. The van der Waals surface area contributed by atoms with Crippen molar-refractivity contribution in [3.8, 4) is 0 Å². The van der Waals surface area contributed by atoms with Gasteiger partial charge in [0.1, 0.15) is 5.78 Å². The van der Waals surface area contributed by atoms with E-state index in [9.17, 15) is 14.4 Å². The molecule has 2 rings (SSSR count). The number of rotatable bonds is 1. The summed E-state index contributed by atoms with van der Waals surface area (Å²) < 4.78 is 0. The van der Waals surface area contributed by atoms with Gasteiger partial charge in [-0.1, -0.05) is 0 Å². The molecule has 0 aromatic rings. The van der Waals surface area contributed by atoms with E-state index in [0.717, 1.165) is 12.8 Å². The Morgan fingerprint density at radius 1 is 1.00 bits per heavy atom. The van der Waals surface area contributed by atoms with Crippen molar-refractivity contribution in [1.29, 1.82) is 0 Å². The topological polar surface area (TPSA) is 66.5 Å². The van der Waals surface area contributed by atoms with Gasteiger partial charge >= 0.3 is 0 Å². The molecule has 2 amide bonds. The fourth-order valence-electron chi connectivity index (χ4n) is 2.21. The fraction of sp³-hybridized carbons (Fsp3) is 0.700. The zero-order valence-corrected chi connectivity index (χ0v) is 8.49. The highest BCUT2D eigenvalue weighted by Crippen LogP contribution is 2.20. The second-order valence-corrected chi connectivity index (χ2v) is 4.15. The minimum Gasteiger partial charge on any atom is -0.300 e. The van der Waals surface area contributed by atoms with Crippen LogP contribution in [0.5, 0.6) is 0 Å². The highest BCUT2D eigenvalue weighted by Gasteiger charge is 2.30. The summed E-state index contributed by atoms with van der Waals surface area (Å²) in [6.45, 7) is 0.565. The molecule has 0 radical (unpaired) electrons. The predicted octanol–water partition coefficient (Wildman–Crippen LogP) is -0.544. The molecule has 0 bridgehead atoms. The van der Waals surface area contributed by atoms with Gasteiger partial charge in [-0.05, 0) is 12.8 Å². The molecule has 2 fully saturated rings. The number of hydrogen-bond acceptors (Lipinski definition) is 4. The van der Waals surface area contributed by atoms with Crippen LogP contribution < -0.4 is 5.32 Å². The van der Waals surface area contributed by atoms with E-state index in [1.165, 1.54) is 0 Å². The second kappa shape index (κ2) is 4.10. The summed E-state index contributed by atoms with van der Waals surface area (Å²) >= 11 is 0. The first-order valence-corrected chi connectivity index (χ1v) is 5.23. The molecule has 0 atom stereocenters. The Bertz CT molecular complexity index is 288. The van der Waals surface area contributed by atoms with Gasteiger partial charge in [0, 0.05) is 18.9 Å². The average molecular weight is 210 g/mol. The summed E-state index contributed by atoms with van der Waals surface area (Å²) in [5, 5.41) is 2.27. The molecular weight excluding hydrogens is 196 g/mol. The third kappa shape index (κ3) is 2.41. The molecule has 0 aromatic heterocycles. The molecule has 5 heteroatoms. The Balaban J connectivity index is 1.95. The van der Waals surface area contributed by atoms with E-state index < -0.39 is 0 Å². The van der Waals surface area contributed by atoms with Gasteiger partial charge in [-0.3, -0.25) is 24.6 Å². The van der Waals surface area contributed by atoms with Gasteiger partial charge < -0.3 is 0 Å². The number of ketones is 1. The van der Waals surface area contributed by atoms with Crippen LogP contribution in [0.3, 0.4) is 0 Å². The molecule has 1 aliphatic heterocycles. The van der Waals surface area contributed by atoms with Crippen LogP contribution in [0.4, 0.5) is 0 Å². The van der Waals surface area contributed by atoms with Crippen molar-refractivity contribution in [3.63, 3.8) is 0 Å². The van der Waals surface area contributed by atoms with Crippen LogP contribution in [-0.2, 0) is 14.4 Å². The van der Waals surface area contributed by atoms with Gasteiger partial charge in [0.15, 0.2) is 0 Å². The lowest BCUT2D eigenvalue weighted by atomic mass is 9.93. The molecular formula is C10H14N2O3. The van der Waals surface area contributed by atoms with Crippen LogP contribution in [0.1, 0.15) is 25.7 Å². The van der Waals surface area contributed by atoms with Crippen molar-refractivity contribution in [2.75, 3.05) is 13.1 Å². The highest BCUT2D eigenvalue weighted by molar-refractivity contribution is 5.99. The molecule has 1 N–H and O–H groups in total. The monoisotopic (exact) mass is 210 g/mol. The van der Waals surface area contributed by atoms with Crippen molar-refractivity contribution in [1.82, 2.24) is 10.2 Å². The Morgan fingerprint density at radius 2 is 1.53 bits per heavy atom. The second-order valence-electron chi connectivity index (χ2n) is 4.15. The standard InChI is InChI=1S/C10H14N2O3/c13-8-3-1-7(2-4-8)12-5-9(14)11-10(15)6-12/h7H,1-6H2,(H,11,14,15). The molecule has 0 spiro atoms. The lowest BCUT2D eigenvalue weighted by molar-refractivity contribution is -0.137. The van der Waals surface area contributed by atoms with Crippen LogP contribution in [0.25, 0.3) is 0 Å². The maximum absolute atomic E-state index is 11.2. The maximum Gasteiger partial charge on any atom is 0.240 e. The Hall–Kier alpha value is -1.23. The molecule has 15 heavy (non-hydrogen) atoms. The number of nitrogens with zero attached hydrogens (tertiary/aromatic N) is 1. The average Bonchev–Trinajstić information content (AvgIpc) is 2.17. The minimum absolute atomic E-state index is 0.220. The Morgan fingerprint density at radius 3 is 2.07 bits per heavy atom. The van der Waals surface area contributed by atoms with Gasteiger partial charge in [-0.15, -0.1) is 0 Å². The van der Waals surface area contributed by atoms with E-state index >= 15 is 0 Å². The number of imide groups is 1. The largest absolute Gasteiger partial charge is 0.300 e. The van der Waals surface area contributed by atoms with Crippen molar-refractivity contribution in [3.05, 3.63) is 0 Å². The van der Waals surface area contributed by atoms with Crippen molar-refractivity contribution >= 4 is 17.6 Å². The van der Waals surface area contributed by atoms with Crippen molar-refractivity contribution < 1.29 is 14.4 Å². The van der Waals surface area contributed by atoms with Gasteiger partial charge in [0.05, 0.1) is 13.1 Å². The first kappa shape index (κ1) is 10.3.